The molecule has 0 rings (SSSR count). The summed E-state index contributed by atoms with van der Waals surface area (Å²) < 4.78 is 0. The van der Waals surface area contributed by atoms with E-state index in [1.165, 1.54) is 4.90 Å². The number of aliphatic carboxylic acids is 1. The number of carbonyl (C=O) groups excluding carboxylic acids is 1. The molecule has 0 saturated carbocycles. The van der Waals surface area contributed by atoms with E-state index in [1.807, 2.05) is 39.8 Å². The summed E-state index contributed by atoms with van der Waals surface area (Å²) in [5.41, 5.74) is 0. The Morgan fingerprint density at radius 2 is 1.79 bits per heavy atom. The quantitative estimate of drug-likeness (QED) is 0.694. The van der Waals surface area contributed by atoms with Gasteiger partial charge in [-0.2, -0.15) is 0 Å². The molecule has 6 heteroatoms. The van der Waals surface area contributed by atoms with Crippen molar-refractivity contribution in [1.29, 1.82) is 0 Å². The van der Waals surface area contributed by atoms with Crippen molar-refractivity contribution in [3.63, 3.8) is 0 Å². The number of carboxylic acids is 1. The van der Waals surface area contributed by atoms with Gasteiger partial charge in [-0.25, -0.2) is 4.79 Å². The van der Waals surface area contributed by atoms with Crippen LogP contribution in [0.25, 0.3) is 0 Å². The van der Waals surface area contributed by atoms with Crippen molar-refractivity contribution in [3.8, 4) is 0 Å². The predicted octanol–water partition coefficient (Wildman–Crippen LogP) is 1.08. The first-order valence-corrected chi connectivity index (χ1v) is 6.64. The fourth-order valence-corrected chi connectivity index (χ4v) is 1.65. The van der Waals surface area contributed by atoms with E-state index in [0.29, 0.717) is 6.54 Å². The SMILES string of the molecule is CC(C)CN(CC(=O)O)C(=O)NC(C)CCN(C)C. The van der Waals surface area contributed by atoms with Crippen LogP contribution < -0.4 is 5.32 Å². The summed E-state index contributed by atoms with van der Waals surface area (Å²) in [4.78, 5) is 26.2. The Balaban J connectivity index is 4.33. The molecule has 112 valence electrons. The number of hydrogen-bond acceptors (Lipinski definition) is 3. The molecule has 2 amide bonds. The minimum atomic E-state index is -0.989. The maximum Gasteiger partial charge on any atom is 0.323 e. The highest BCUT2D eigenvalue weighted by Gasteiger charge is 2.19. The van der Waals surface area contributed by atoms with Crippen molar-refractivity contribution in [2.45, 2.75) is 33.2 Å². The first-order chi connectivity index (χ1) is 8.72. The summed E-state index contributed by atoms with van der Waals surface area (Å²) in [5.74, 6) is -0.751. The second-order valence-electron chi connectivity index (χ2n) is 5.61. The normalized spacial score (nSPS) is 12.6. The topological polar surface area (TPSA) is 72.9 Å². The minimum absolute atomic E-state index is 0.0263. The van der Waals surface area contributed by atoms with E-state index in [-0.39, 0.29) is 24.5 Å². The minimum Gasteiger partial charge on any atom is -0.480 e. The molecular formula is C13H27N3O3. The number of carboxylic acid groups (broad SMARTS) is 1. The van der Waals surface area contributed by atoms with E-state index in [1.54, 1.807) is 0 Å². The summed E-state index contributed by atoms with van der Waals surface area (Å²) in [6.45, 7) is 6.90. The molecule has 2 N–H and O–H groups in total. The highest BCUT2D eigenvalue weighted by Crippen LogP contribution is 2.01. The van der Waals surface area contributed by atoms with Gasteiger partial charge in [-0.3, -0.25) is 4.79 Å². The third-order valence-electron chi connectivity index (χ3n) is 2.58. The van der Waals surface area contributed by atoms with Crippen LogP contribution in [0.2, 0.25) is 0 Å². The van der Waals surface area contributed by atoms with Crippen LogP contribution >= 0.6 is 0 Å². The summed E-state index contributed by atoms with van der Waals surface area (Å²) >= 11 is 0. The Kier molecular flexibility index (Phi) is 8.14. The maximum atomic E-state index is 12.0. The fourth-order valence-electron chi connectivity index (χ4n) is 1.65. The van der Waals surface area contributed by atoms with Gasteiger partial charge in [-0.15, -0.1) is 0 Å². The highest BCUT2D eigenvalue weighted by atomic mass is 16.4. The number of amides is 2. The van der Waals surface area contributed by atoms with Crippen LogP contribution in [0.4, 0.5) is 4.79 Å². The van der Waals surface area contributed by atoms with Crippen LogP contribution in [0, 0.1) is 5.92 Å². The predicted molar refractivity (Wildman–Crippen MR) is 75.2 cm³/mol. The molecule has 0 aliphatic rings. The Hall–Kier alpha value is -1.30. The molecule has 0 aromatic carbocycles. The molecule has 0 aromatic heterocycles. The number of carbonyl (C=O) groups is 2. The lowest BCUT2D eigenvalue weighted by Gasteiger charge is -2.25. The number of rotatable bonds is 8. The number of nitrogens with one attached hydrogen (secondary N) is 1. The molecule has 0 saturated heterocycles. The van der Waals surface area contributed by atoms with E-state index in [0.717, 1.165) is 13.0 Å². The lowest BCUT2D eigenvalue weighted by atomic mass is 10.2. The molecule has 0 spiro atoms. The molecule has 0 radical (unpaired) electrons. The van der Waals surface area contributed by atoms with Gasteiger partial charge in [0.15, 0.2) is 0 Å². The molecule has 6 nitrogen and oxygen atoms in total. The molecule has 0 aliphatic carbocycles. The van der Waals surface area contributed by atoms with Crippen molar-refractivity contribution < 1.29 is 14.7 Å². The van der Waals surface area contributed by atoms with Gasteiger partial charge in [0.05, 0.1) is 0 Å². The Morgan fingerprint density at radius 1 is 1.21 bits per heavy atom. The standard InChI is InChI=1S/C13H27N3O3/c1-10(2)8-16(9-12(17)18)13(19)14-11(3)6-7-15(4)5/h10-11H,6-9H2,1-5H3,(H,14,19)(H,17,18). The Labute approximate surface area is 115 Å². The van der Waals surface area contributed by atoms with Crippen molar-refractivity contribution >= 4 is 12.0 Å². The molecule has 19 heavy (non-hydrogen) atoms. The van der Waals surface area contributed by atoms with Crippen LogP contribution in [-0.4, -0.2) is 66.7 Å². The molecule has 1 atom stereocenters. The van der Waals surface area contributed by atoms with Crippen LogP contribution in [0.5, 0.6) is 0 Å². The monoisotopic (exact) mass is 273 g/mol. The molecule has 0 aliphatic heterocycles. The Bertz CT molecular complexity index is 293. The van der Waals surface area contributed by atoms with E-state index < -0.39 is 5.97 Å². The molecule has 0 fully saturated rings. The average molecular weight is 273 g/mol. The van der Waals surface area contributed by atoms with Gasteiger partial charge in [-0.05, 0) is 39.9 Å². The van der Waals surface area contributed by atoms with E-state index >= 15 is 0 Å². The zero-order chi connectivity index (χ0) is 15.0. The molecule has 0 aromatic rings. The van der Waals surface area contributed by atoms with Gasteiger partial charge in [-0.1, -0.05) is 13.8 Å². The van der Waals surface area contributed by atoms with Gasteiger partial charge in [0, 0.05) is 12.6 Å². The van der Waals surface area contributed by atoms with Gasteiger partial charge in [0.25, 0.3) is 0 Å². The summed E-state index contributed by atoms with van der Waals surface area (Å²) in [5, 5.41) is 11.7. The lowest BCUT2D eigenvalue weighted by molar-refractivity contribution is -0.137. The summed E-state index contributed by atoms with van der Waals surface area (Å²) in [7, 11) is 3.95. The van der Waals surface area contributed by atoms with Crippen molar-refractivity contribution in [2.75, 3.05) is 33.7 Å². The number of hydrogen-bond donors (Lipinski definition) is 2. The van der Waals surface area contributed by atoms with Gasteiger partial charge in [0.2, 0.25) is 0 Å². The number of urea groups is 1. The van der Waals surface area contributed by atoms with E-state index in [9.17, 15) is 9.59 Å². The van der Waals surface area contributed by atoms with Crippen LogP contribution in [0.3, 0.4) is 0 Å². The largest absolute Gasteiger partial charge is 0.480 e. The second-order valence-corrected chi connectivity index (χ2v) is 5.61. The first kappa shape index (κ1) is 17.7. The van der Waals surface area contributed by atoms with Crippen LogP contribution in [-0.2, 0) is 4.79 Å². The molecule has 0 heterocycles. The molecular weight excluding hydrogens is 246 g/mol. The molecule has 1 unspecified atom stereocenters. The van der Waals surface area contributed by atoms with Crippen molar-refractivity contribution in [2.24, 2.45) is 5.92 Å². The van der Waals surface area contributed by atoms with Crippen LogP contribution in [0.15, 0.2) is 0 Å². The third-order valence-corrected chi connectivity index (χ3v) is 2.58. The highest BCUT2D eigenvalue weighted by molar-refractivity contribution is 5.80. The van der Waals surface area contributed by atoms with Crippen molar-refractivity contribution in [3.05, 3.63) is 0 Å². The van der Waals surface area contributed by atoms with Gasteiger partial charge >= 0.3 is 12.0 Å². The Morgan fingerprint density at radius 3 is 2.21 bits per heavy atom. The van der Waals surface area contributed by atoms with E-state index in [2.05, 4.69) is 5.32 Å². The van der Waals surface area contributed by atoms with Crippen molar-refractivity contribution in [1.82, 2.24) is 15.1 Å². The zero-order valence-corrected chi connectivity index (χ0v) is 12.6. The van der Waals surface area contributed by atoms with E-state index in [4.69, 9.17) is 5.11 Å². The third kappa shape index (κ3) is 9.30. The maximum absolute atomic E-state index is 12.0. The summed E-state index contributed by atoms with van der Waals surface area (Å²) in [6.07, 6.45) is 0.835. The smallest absolute Gasteiger partial charge is 0.323 e. The number of nitrogens with zero attached hydrogens (tertiary/aromatic N) is 2. The zero-order valence-electron chi connectivity index (χ0n) is 12.6. The van der Waals surface area contributed by atoms with Crippen LogP contribution in [0.1, 0.15) is 27.2 Å². The van der Waals surface area contributed by atoms with Gasteiger partial charge < -0.3 is 20.2 Å². The van der Waals surface area contributed by atoms with Gasteiger partial charge in [0.1, 0.15) is 6.54 Å². The summed E-state index contributed by atoms with van der Waals surface area (Å²) in [6, 6.07) is -0.277. The lowest BCUT2D eigenvalue weighted by Crippen LogP contribution is -2.47. The molecule has 0 bridgehead atoms. The first-order valence-electron chi connectivity index (χ1n) is 6.64. The average Bonchev–Trinajstić information content (AvgIpc) is 2.24. The second kappa shape index (κ2) is 8.74. The fraction of sp³-hybridized carbons (Fsp3) is 0.846.